The van der Waals surface area contributed by atoms with Crippen molar-refractivity contribution in [1.29, 1.82) is 0 Å². The van der Waals surface area contributed by atoms with E-state index in [1.54, 1.807) is 0 Å². The molecule has 0 unspecified atom stereocenters. The van der Waals surface area contributed by atoms with Gasteiger partial charge in [0.05, 0.1) is 24.2 Å². The quantitative estimate of drug-likeness (QED) is 0.920. The summed E-state index contributed by atoms with van der Waals surface area (Å²) < 4.78 is 7.56. The summed E-state index contributed by atoms with van der Waals surface area (Å²) in [5.74, 6) is 1.60. The first kappa shape index (κ1) is 15.6. The minimum absolute atomic E-state index is 0.00103. The van der Waals surface area contributed by atoms with Crippen LogP contribution in [0.2, 0.25) is 0 Å². The number of amides is 1. The lowest BCUT2D eigenvalue weighted by Crippen LogP contribution is -2.39. The van der Waals surface area contributed by atoms with E-state index in [2.05, 4.69) is 4.57 Å². The summed E-state index contributed by atoms with van der Waals surface area (Å²) in [6.07, 6.45) is 2.31. The van der Waals surface area contributed by atoms with Gasteiger partial charge in [-0.25, -0.2) is 4.98 Å². The lowest BCUT2D eigenvalue weighted by atomic mass is 10.1. The predicted molar refractivity (Wildman–Crippen MR) is 89.7 cm³/mol. The molecule has 6 heteroatoms. The molecule has 24 heavy (non-hydrogen) atoms. The summed E-state index contributed by atoms with van der Waals surface area (Å²) in [5, 5.41) is 9.41. The molecule has 0 radical (unpaired) electrons. The normalized spacial score (nSPS) is 21.9. The Balaban J connectivity index is 1.59. The number of benzene rings is 1. The minimum Gasteiger partial charge on any atom is -0.396 e. The zero-order valence-electron chi connectivity index (χ0n) is 13.7. The van der Waals surface area contributed by atoms with E-state index in [4.69, 9.17) is 9.72 Å². The van der Waals surface area contributed by atoms with E-state index in [9.17, 15) is 9.90 Å². The van der Waals surface area contributed by atoms with Crippen LogP contribution in [0.4, 0.5) is 0 Å². The number of para-hydroxylation sites is 2. The molecule has 2 fully saturated rings. The van der Waals surface area contributed by atoms with Crippen LogP contribution in [0.1, 0.15) is 24.6 Å². The number of nitrogens with zero attached hydrogens (tertiary/aromatic N) is 3. The van der Waals surface area contributed by atoms with Crippen LogP contribution in [0.5, 0.6) is 0 Å². The van der Waals surface area contributed by atoms with Crippen molar-refractivity contribution < 1.29 is 14.6 Å². The summed E-state index contributed by atoms with van der Waals surface area (Å²) in [4.78, 5) is 19.4. The number of rotatable bonds is 4. The largest absolute Gasteiger partial charge is 0.396 e. The molecule has 0 bridgehead atoms. The molecule has 1 aliphatic carbocycles. The van der Waals surface area contributed by atoms with Crippen molar-refractivity contribution in [1.82, 2.24) is 14.5 Å². The number of carbonyl (C=O) groups excluding carboxylic acids is 1. The summed E-state index contributed by atoms with van der Waals surface area (Å²) >= 11 is 0. The third-order valence-corrected chi connectivity index (χ3v) is 4.87. The Hall–Kier alpha value is -1.92. The Morgan fingerprint density at radius 1 is 1.33 bits per heavy atom. The molecule has 128 valence electrons. The van der Waals surface area contributed by atoms with Crippen LogP contribution in [-0.2, 0) is 16.1 Å². The molecule has 1 aromatic carbocycles. The SMILES string of the molecule is O=C(Cn1c(C2CC2)nc2ccccc21)N1CCOC[C@H](CO)C1. The van der Waals surface area contributed by atoms with E-state index in [0.717, 1.165) is 29.7 Å². The molecule has 1 saturated heterocycles. The van der Waals surface area contributed by atoms with Crippen LogP contribution in [0.15, 0.2) is 24.3 Å². The van der Waals surface area contributed by atoms with Crippen molar-refractivity contribution in [3.63, 3.8) is 0 Å². The number of aromatic nitrogens is 2. The highest BCUT2D eigenvalue weighted by Gasteiger charge is 2.31. The standard InChI is InChI=1S/C18H23N3O3/c22-11-13-9-20(7-8-24-12-13)17(23)10-21-16-4-2-1-3-15(16)19-18(21)14-5-6-14/h1-4,13-14,22H,5-12H2/t13-/m0/s1. The van der Waals surface area contributed by atoms with E-state index in [-0.39, 0.29) is 18.4 Å². The van der Waals surface area contributed by atoms with Crippen molar-refractivity contribution >= 4 is 16.9 Å². The fourth-order valence-corrected chi connectivity index (χ4v) is 3.37. The van der Waals surface area contributed by atoms with Crippen LogP contribution in [0.25, 0.3) is 11.0 Å². The van der Waals surface area contributed by atoms with Gasteiger partial charge >= 0.3 is 0 Å². The topological polar surface area (TPSA) is 67.6 Å². The average Bonchev–Trinajstić information content (AvgIpc) is 3.41. The van der Waals surface area contributed by atoms with Crippen molar-refractivity contribution in [3.8, 4) is 0 Å². The second-order valence-corrected chi connectivity index (χ2v) is 6.78. The highest BCUT2D eigenvalue weighted by molar-refractivity contribution is 5.81. The van der Waals surface area contributed by atoms with Crippen molar-refractivity contribution in [2.75, 3.05) is 32.9 Å². The van der Waals surface area contributed by atoms with E-state index >= 15 is 0 Å². The molecule has 0 spiro atoms. The summed E-state index contributed by atoms with van der Waals surface area (Å²) in [7, 11) is 0. The number of fused-ring (bicyclic) bond motifs is 1. The molecule has 1 saturated carbocycles. The highest BCUT2D eigenvalue weighted by atomic mass is 16.5. The first-order chi connectivity index (χ1) is 11.8. The average molecular weight is 329 g/mol. The van der Waals surface area contributed by atoms with Crippen molar-refractivity contribution in [2.24, 2.45) is 5.92 Å². The number of carbonyl (C=O) groups is 1. The monoisotopic (exact) mass is 329 g/mol. The zero-order chi connectivity index (χ0) is 16.5. The number of hydrogen-bond donors (Lipinski definition) is 1. The third-order valence-electron chi connectivity index (χ3n) is 4.87. The Bertz CT molecular complexity index is 738. The third kappa shape index (κ3) is 3.03. The first-order valence-electron chi connectivity index (χ1n) is 8.68. The fraction of sp³-hybridized carbons (Fsp3) is 0.556. The van der Waals surface area contributed by atoms with Gasteiger partial charge in [-0.3, -0.25) is 4.79 Å². The molecule has 2 aliphatic rings. The maximum absolute atomic E-state index is 12.9. The van der Waals surface area contributed by atoms with E-state index in [0.29, 0.717) is 38.8 Å². The van der Waals surface area contributed by atoms with E-state index in [1.807, 2.05) is 29.2 Å². The van der Waals surface area contributed by atoms with Crippen molar-refractivity contribution in [3.05, 3.63) is 30.1 Å². The van der Waals surface area contributed by atoms with E-state index < -0.39 is 0 Å². The Morgan fingerprint density at radius 2 is 2.17 bits per heavy atom. The highest BCUT2D eigenvalue weighted by Crippen LogP contribution is 2.40. The van der Waals surface area contributed by atoms with Crippen LogP contribution in [-0.4, -0.2) is 58.4 Å². The predicted octanol–water partition coefficient (Wildman–Crippen LogP) is 1.38. The number of aliphatic hydroxyl groups is 1. The van der Waals surface area contributed by atoms with Gasteiger partial charge in [0.25, 0.3) is 0 Å². The Morgan fingerprint density at radius 3 is 2.96 bits per heavy atom. The number of ether oxygens (including phenoxy) is 1. The first-order valence-corrected chi connectivity index (χ1v) is 8.68. The van der Waals surface area contributed by atoms with Gasteiger partial charge in [-0.1, -0.05) is 12.1 Å². The number of imidazole rings is 1. The van der Waals surface area contributed by atoms with Gasteiger partial charge in [-0.15, -0.1) is 0 Å². The summed E-state index contributed by atoms with van der Waals surface area (Å²) in [6.45, 7) is 2.54. The number of aliphatic hydroxyl groups excluding tert-OH is 1. The maximum Gasteiger partial charge on any atom is 0.242 e. The smallest absolute Gasteiger partial charge is 0.242 e. The lowest BCUT2D eigenvalue weighted by molar-refractivity contribution is -0.132. The van der Waals surface area contributed by atoms with Gasteiger partial charge in [0.1, 0.15) is 12.4 Å². The Kier molecular flexibility index (Phi) is 4.24. The summed E-state index contributed by atoms with van der Waals surface area (Å²) in [6, 6.07) is 8.01. The maximum atomic E-state index is 12.9. The van der Waals surface area contributed by atoms with Gasteiger partial charge in [0.2, 0.25) is 5.91 Å². The zero-order valence-corrected chi connectivity index (χ0v) is 13.7. The number of hydrogen-bond acceptors (Lipinski definition) is 4. The van der Waals surface area contributed by atoms with Crippen molar-refractivity contribution in [2.45, 2.75) is 25.3 Å². The fourth-order valence-electron chi connectivity index (χ4n) is 3.37. The molecular formula is C18H23N3O3. The molecule has 6 nitrogen and oxygen atoms in total. The van der Waals surface area contributed by atoms with Gasteiger partial charge in [-0.05, 0) is 25.0 Å². The molecule has 2 heterocycles. The van der Waals surface area contributed by atoms with Gasteiger partial charge in [-0.2, -0.15) is 0 Å². The Labute approximate surface area is 141 Å². The van der Waals surface area contributed by atoms with Gasteiger partial charge in [0, 0.05) is 31.5 Å². The van der Waals surface area contributed by atoms with E-state index in [1.165, 1.54) is 0 Å². The summed E-state index contributed by atoms with van der Waals surface area (Å²) in [5.41, 5.74) is 1.98. The van der Waals surface area contributed by atoms with Gasteiger partial charge in [0.15, 0.2) is 0 Å². The van der Waals surface area contributed by atoms with Crippen LogP contribution in [0.3, 0.4) is 0 Å². The molecule has 1 N–H and O–H groups in total. The van der Waals surface area contributed by atoms with Crippen LogP contribution >= 0.6 is 0 Å². The van der Waals surface area contributed by atoms with Crippen LogP contribution < -0.4 is 0 Å². The second kappa shape index (κ2) is 6.53. The lowest BCUT2D eigenvalue weighted by Gasteiger charge is -2.23. The molecular weight excluding hydrogens is 306 g/mol. The molecule has 1 aliphatic heterocycles. The second-order valence-electron chi connectivity index (χ2n) is 6.78. The minimum atomic E-state index is -0.00103. The molecule has 1 atom stereocenters. The molecule has 2 aromatic rings. The molecule has 1 aromatic heterocycles. The molecule has 4 rings (SSSR count). The molecule has 1 amide bonds. The van der Waals surface area contributed by atoms with Gasteiger partial charge < -0.3 is 19.3 Å². The van der Waals surface area contributed by atoms with Crippen LogP contribution in [0, 0.1) is 5.92 Å².